The maximum absolute atomic E-state index is 11.7. The summed E-state index contributed by atoms with van der Waals surface area (Å²) in [5.74, 6) is 0.564. The van der Waals surface area contributed by atoms with Gasteiger partial charge in [-0.1, -0.05) is 0 Å². The number of pyridine rings is 1. The van der Waals surface area contributed by atoms with Crippen molar-refractivity contribution < 1.29 is 4.79 Å². The highest BCUT2D eigenvalue weighted by atomic mass is 16.1. The molecule has 0 aliphatic heterocycles. The summed E-state index contributed by atoms with van der Waals surface area (Å²) in [5, 5.41) is 11.3. The molecule has 0 spiro atoms. The first-order valence-corrected chi connectivity index (χ1v) is 5.42. The van der Waals surface area contributed by atoms with Crippen molar-refractivity contribution in [2.75, 3.05) is 6.54 Å². The van der Waals surface area contributed by atoms with Crippen molar-refractivity contribution in [2.45, 2.75) is 6.42 Å². The van der Waals surface area contributed by atoms with Gasteiger partial charge in [0, 0.05) is 31.6 Å². The van der Waals surface area contributed by atoms with E-state index in [1.807, 2.05) is 6.07 Å². The van der Waals surface area contributed by atoms with Gasteiger partial charge in [-0.2, -0.15) is 5.26 Å². The van der Waals surface area contributed by atoms with Crippen LogP contribution >= 0.6 is 0 Å². The van der Waals surface area contributed by atoms with Gasteiger partial charge in [0.05, 0.1) is 5.56 Å². The van der Waals surface area contributed by atoms with Crippen LogP contribution in [0.1, 0.15) is 21.9 Å². The maximum Gasteiger partial charge on any atom is 0.269 e. The SMILES string of the molecule is N#Cc1ccc(C(=O)NCCc2ncc[nH]2)nc1. The van der Waals surface area contributed by atoms with Gasteiger partial charge in [0.25, 0.3) is 5.91 Å². The van der Waals surface area contributed by atoms with Crippen molar-refractivity contribution in [1.29, 1.82) is 5.26 Å². The van der Waals surface area contributed by atoms with Gasteiger partial charge in [-0.15, -0.1) is 0 Å². The van der Waals surface area contributed by atoms with Crippen LogP contribution in [0.2, 0.25) is 0 Å². The van der Waals surface area contributed by atoms with Gasteiger partial charge >= 0.3 is 0 Å². The standard InChI is InChI=1S/C12H11N5O/c13-7-9-1-2-10(17-8-9)12(18)16-4-3-11-14-5-6-15-11/h1-2,5-6,8H,3-4H2,(H,14,15)(H,16,18). The number of H-pyrrole nitrogens is 1. The molecule has 2 heterocycles. The van der Waals surface area contributed by atoms with Crippen molar-refractivity contribution in [3.05, 3.63) is 47.8 Å². The highest BCUT2D eigenvalue weighted by molar-refractivity contribution is 5.92. The predicted molar refractivity (Wildman–Crippen MR) is 63.6 cm³/mol. The van der Waals surface area contributed by atoms with Crippen LogP contribution in [-0.2, 0) is 6.42 Å². The van der Waals surface area contributed by atoms with Crippen molar-refractivity contribution in [3.63, 3.8) is 0 Å². The zero-order chi connectivity index (χ0) is 12.8. The minimum atomic E-state index is -0.258. The molecule has 2 aromatic heterocycles. The summed E-state index contributed by atoms with van der Waals surface area (Å²) in [5.41, 5.74) is 0.732. The summed E-state index contributed by atoms with van der Waals surface area (Å²) in [7, 11) is 0. The third-order valence-corrected chi connectivity index (χ3v) is 2.33. The van der Waals surface area contributed by atoms with E-state index in [2.05, 4.69) is 20.3 Å². The number of aromatic amines is 1. The Hall–Kier alpha value is -2.68. The Kier molecular flexibility index (Phi) is 3.66. The minimum Gasteiger partial charge on any atom is -0.350 e. The van der Waals surface area contributed by atoms with E-state index >= 15 is 0 Å². The van der Waals surface area contributed by atoms with E-state index in [1.54, 1.807) is 18.5 Å². The van der Waals surface area contributed by atoms with Gasteiger partial charge in [-0.3, -0.25) is 4.79 Å². The van der Waals surface area contributed by atoms with Crippen molar-refractivity contribution >= 4 is 5.91 Å². The average Bonchev–Trinajstić information content (AvgIpc) is 2.92. The molecule has 0 fully saturated rings. The monoisotopic (exact) mass is 241 g/mol. The maximum atomic E-state index is 11.7. The number of carbonyl (C=O) groups is 1. The number of rotatable bonds is 4. The Balaban J connectivity index is 1.86. The fraction of sp³-hybridized carbons (Fsp3) is 0.167. The molecule has 2 rings (SSSR count). The molecule has 6 heteroatoms. The minimum absolute atomic E-state index is 0.258. The Morgan fingerprint density at radius 3 is 2.94 bits per heavy atom. The first kappa shape index (κ1) is 11.8. The molecule has 0 unspecified atom stereocenters. The van der Waals surface area contributed by atoms with Crippen molar-refractivity contribution in [2.24, 2.45) is 0 Å². The molecular weight excluding hydrogens is 230 g/mol. The molecule has 90 valence electrons. The Morgan fingerprint density at radius 2 is 2.33 bits per heavy atom. The van der Waals surface area contributed by atoms with Gasteiger partial charge in [0.15, 0.2) is 0 Å². The molecule has 0 atom stereocenters. The van der Waals surface area contributed by atoms with E-state index in [9.17, 15) is 4.79 Å². The van der Waals surface area contributed by atoms with Gasteiger partial charge < -0.3 is 10.3 Å². The number of nitrogens with one attached hydrogen (secondary N) is 2. The van der Waals surface area contributed by atoms with Crippen LogP contribution in [0.4, 0.5) is 0 Å². The number of nitrogens with zero attached hydrogens (tertiary/aromatic N) is 3. The van der Waals surface area contributed by atoms with Gasteiger partial charge in [-0.25, -0.2) is 9.97 Å². The highest BCUT2D eigenvalue weighted by Gasteiger charge is 2.06. The fourth-order valence-electron chi connectivity index (χ4n) is 1.41. The second-order valence-electron chi connectivity index (χ2n) is 3.59. The molecule has 0 aliphatic carbocycles. The third-order valence-electron chi connectivity index (χ3n) is 2.33. The second kappa shape index (κ2) is 5.59. The Morgan fingerprint density at radius 1 is 1.44 bits per heavy atom. The van der Waals surface area contributed by atoms with Gasteiger partial charge in [-0.05, 0) is 12.1 Å². The Labute approximate surface area is 104 Å². The van der Waals surface area contributed by atoms with E-state index in [-0.39, 0.29) is 5.91 Å². The number of carbonyl (C=O) groups excluding carboxylic acids is 1. The predicted octanol–water partition coefficient (Wildman–Crippen LogP) is 0.649. The number of imidazole rings is 1. The lowest BCUT2D eigenvalue weighted by atomic mass is 10.2. The summed E-state index contributed by atoms with van der Waals surface area (Å²) < 4.78 is 0. The van der Waals surface area contributed by atoms with E-state index in [4.69, 9.17) is 5.26 Å². The molecule has 6 nitrogen and oxygen atoms in total. The first-order valence-electron chi connectivity index (χ1n) is 5.42. The summed E-state index contributed by atoms with van der Waals surface area (Å²) in [6, 6.07) is 5.04. The summed E-state index contributed by atoms with van der Waals surface area (Å²) in [6.07, 6.45) is 5.41. The van der Waals surface area contributed by atoms with Gasteiger partial charge in [0.2, 0.25) is 0 Å². The molecule has 0 bridgehead atoms. The molecule has 0 radical (unpaired) electrons. The third kappa shape index (κ3) is 2.92. The quantitative estimate of drug-likeness (QED) is 0.821. The molecule has 18 heavy (non-hydrogen) atoms. The molecule has 0 saturated heterocycles. The highest BCUT2D eigenvalue weighted by Crippen LogP contribution is 1.98. The summed E-state index contributed by atoms with van der Waals surface area (Å²) >= 11 is 0. The molecule has 0 saturated carbocycles. The van der Waals surface area contributed by atoms with Crippen molar-refractivity contribution in [3.8, 4) is 6.07 Å². The van der Waals surface area contributed by atoms with Crippen LogP contribution in [0, 0.1) is 11.3 Å². The largest absolute Gasteiger partial charge is 0.350 e. The smallest absolute Gasteiger partial charge is 0.269 e. The zero-order valence-electron chi connectivity index (χ0n) is 9.55. The first-order chi connectivity index (χ1) is 8.79. The molecule has 0 aromatic carbocycles. The van der Waals surface area contributed by atoms with Crippen LogP contribution in [0.15, 0.2) is 30.7 Å². The number of hydrogen-bond donors (Lipinski definition) is 2. The Bertz CT molecular complexity index is 553. The lowest BCUT2D eigenvalue weighted by Gasteiger charge is -2.03. The number of nitriles is 1. The van der Waals surface area contributed by atoms with Gasteiger partial charge in [0.1, 0.15) is 17.6 Å². The number of hydrogen-bond acceptors (Lipinski definition) is 4. The lowest BCUT2D eigenvalue weighted by Crippen LogP contribution is -2.26. The summed E-state index contributed by atoms with van der Waals surface area (Å²) in [6.45, 7) is 0.480. The van der Waals surface area contributed by atoms with Crippen LogP contribution in [-0.4, -0.2) is 27.4 Å². The van der Waals surface area contributed by atoms with E-state index < -0.39 is 0 Å². The van der Waals surface area contributed by atoms with Crippen LogP contribution in [0.3, 0.4) is 0 Å². The van der Waals surface area contributed by atoms with Crippen molar-refractivity contribution in [1.82, 2.24) is 20.3 Å². The van der Waals surface area contributed by atoms with Crippen LogP contribution in [0.25, 0.3) is 0 Å². The number of amides is 1. The van der Waals surface area contributed by atoms with E-state index in [1.165, 1.54) is 12.3 Å². The normalized spacial score (nSPS) is 9.72. The molecule has 2 N–H and O–H groups in total. The van der Waals surface area contributed by atoms with Crippen LogP contribution in [0.5, 0.6) is 0 Å². The summed E-state index contributed by atoms with van der Waals surface area (Å²) in [4.78, 5) is 22.6. The van der Waals surface area contributed by atoms with Crippen LogP contribution < -0.4 is 5.32 Å². The second-order valence-corrected chi connectivity index (χ2v) is 3.59. The molecule has 2 aromatic rings. The molecule has 0 aliphatic rings. The molecule has 1 amide bonds. The van der Waals surface area contributed by atoms with E-state index in [0.29, 0.717) is 24.2 Å². The zero-order valence-corrected chi connectivity index (χ0v) is 9.55. The lowest BCUT2D eigenvalue weighted by molar-refractivity contribution is 0.0949. The molecular formula is C12H11N5O. The number of aromatic nitrogens is 3. The van der Waals surface area contributed by atoms with E-state index in [0.717, 1.165) is 5.82 Å². The topological polar surface area (TPSA) is 94.5 Å². The fourth-order valence-corrected chi connectivity index (χ4v) is 1.41. The average molecular weight is 241 g/mol.